The molecule has 1 aromatic heterocycles. The van der Waals surface area contributed by atoms with E-state index in [0.29, 0.717) is 5.69 Å². The summed E-state index contributed by atoms with van der Waals surface area (Å²) >= 11 is 0. The number of hydrogen-bond donors (Lipinski definition) is 1. The molecule has 4 nitrogen and oxygen atoms in total. The molecule has 0 aliphatic rings. The molecule has 0 fully saturated rings. The van der Waals surface area contributed by atoms with E-state index >= 15 is 0 Å². The van der Waals surface area contributed by atoms with Gasteiger partial charge in [-0.15, -0.1) is 0 Å². The lowest BCUT2D eigenvalue weighted by atomic mass is 10.1. The fourth-order valence-corrected chi connectivity index (χ4v) is 3.56. The lowest BCUT2D eigenvalue weighted by molar-refractivity contribution is -0.112. The first-order chi connectivity index (χ1) is 13.9. The molecule has 146 valence electrons. The zero-order chi connectivity index (χ0) is 21.0. The standard InChI is InChI=1S/C25H25N3O/c1-5-20-10-6-7-12-24(20)28-18(3)14-21(19(28)4)15-22(16-26)25(29)27-23-11-8-9-17(2)13-23/h6-15H,5H2,1-4H3,(H,27,29)/b22-15-. The van der Waals surface area contributed by atoms with Crippen LogP contribution < -0.4 is 5.32 Å². The number of anilines is 1. The minimum Gasteiger partial charge on any atom is -0.321 e. The van der Waals surface area contributed by atoms with E-state index in [0.717, 1.165) is 34.6 Å². The molecule has 2 aromatic carbocycles. The summed E-state index contributed by atoms with van der Waals surface area (Å²) in [5, 5.41) is 12.4. The highest BCUT2D eigenvalue weighted by Gasteiger charge is 2.15. The number of para-hydroxylation sites is 1. The van der Waals surface area contributed by atoms with Crippen molar-refractivity contribution in [2.45, 2.75) is 34.1 Å². The number of nitrogens with one attached hydrogen (secondary N) is 1. The van der Waals surface area contributed by atoms with E-state index in [1.165, 1.54) is 5.56 Å². The van der Waals surface area contributed by atoms with E-state index in [1.54, 1.807) is 6.08 Å². The van der Waals surface area contributed by atoms with E-state index in [-0.39, 0.29) is 5.57 Å². The largest absolute Gasteiger partial charge is 0.321 e. The highest BCUT2D eigenvalue weighted by Crippen LogP contribution is 2.25. The van der Waals surface area contributed by atoms with E-state index in [4.69, 9.17) is 0 Å². The molecule has 0 radical (unpaired) electrons. The molecule has 0 bridgehead atoms. The molecule has 0 saturated heterocycles. The van der Waals surface area contributed by atoms with Gasteiger partial charge in [0.05, 0.1) is 0 Å². The smallest absolute Gasteiger partial charge is 0.266 e. The van der Waals surface area contributed by atoms with E-state index < -0.39 is 5.91 Å². The van der Waals surface area contributed by atoms with Crippen molar-refractivity contribution >= 4 is 17.7 Å². The minimum absolute atomic E-state index is 0.0792. The second kappa shape index (κ2) is 8.62. The van der Waals surface area contributed by atoms with Gasteiger partial charge in [-0.2, -0.15) is 5.26 Å². The Morgan fingerprint density at radius 2 is 1.86 bits per heavy atom. The molecule has 4 heteroatoms. The van der Waals surface area contributed by atoms with E-state index in [9.17, 15) is 10.1 Å². The topological polar surface area (TPSA) is 57.8 Å². The zero-order valence-corrected chi connectivity index (χ0v) is 17.3. The van der Waals surface area contributed by atoms with Gasteiger partial charge in [0.15, 0.2) is 0 Å². The molecule has 0 aliphatic heterocycles. The molecule has 0 unspecified atom stereocenters. The number of rotatable bonds is 5. The van der Waals surface area contributed by atoms with Gasteiger partial charge in [-0.3, -0.25) is 4.79 Å². The molecule has 3 aromatic rings. The maximum atomic E-state index is 12.6. The van der Waals surface area contributed by atoms with Crippen molar-refractivity contribution < 1.29 is 4.79 Å². The summed E-state index contributed by atoms with van der Waals surface area (Å²) in [7, 11) is 0. The van der Waals surface area contributed by atoms with Crippen molar-refractivity contribution in [3.8, 4) is 11.8 Å². The molecule has 0 atom stereocenters. The molecule has 29 heavy (non-hydrogen) atoms. The van der Waals surface area contributed by atoms with Gasteiger partial charge >= 0.3 is 0 Å². The van der Waals surface area contributed by atoms with Crippen molar-refractivity contribution in [2.75, 3.05) is 5.32 Å². The molecule has 1 N–H and O–H groups in total. The van der Waals surface area contributed by atoms with Crippen molar-refractivity contribution in [1.82, 2.24) is 4.57 Å². The number of nitrogens with zero attached hydrogens (tertiary/aromatic N) is 2. The molecular weight excluding hydrogens is 358 g/mol. The molecule has 1 heterocycles. The summed E-state index contributed by atoms with van der Waals surface area (Å²) in [4.78, 5) is 12.6. The zero-order valence-electron chi connectivity index (χ0n) is 17.3. The SMILES string of the molecule is CCc1ccccc1-n1c(C)cc(/C=C(/C#N)C(=O)Nc2cccc(C)c2)c1C. The van der Waals surface area contributed by atoms with Gasteiger partial charge < -0.3 is 9.88 Å². The first-order valence-electron chi connectivity index (χ1n) is 9.71. The number of hydrogen-bond acceptors (Lipinski definition) is 2. The molecule has 0 aliphatic carbocycles. The second-order valence-electron chi connectivity index (χ2n) is 7.14. The Morgan fingerprint density at radius 3 is 2.55 bits per heavy atom. The lowest BCUT2D eigenvalue weighted by Crippen LogP contribution is -2.13. The van der Waals surface area contributed by atoms with Crippen LogP contribution in [0.25, 0.3) is 11.8 Å². The Kier molecular flexibility index (Phi) is 5.99. The molecule has 0 saturated carbocycles. The van der Waals surface area contributed by atoms with Gasteiger partial charge in [0.2, 0.25) is 0 Å². The van der Waals surface area contributed by atoms with Gasteiger partial charge in [-0.25, -0.2) is 0 Å². The number of aromatic nitrogens is 1. The Bertz CT molecular complexity index is 1130. The van der Waals surface area contributed by atoms with Crippen LogP contribution in [-0.4, -0.2) is 10.5 Å². The minimum atomic E-state index is -0.406. The molecule has 1 amide bonds. The van der Waals surface area contributed by atoms with Crippen LogP contribution in [0.2, 0.25) is 0 Å². The number of amides is 1. The van der Waals surface area contributed by atoms with Gasteiger partial charge in [-0.1, -0.05) is 37.3 Å². The van der Waals surface area contributed by atoms with Crippen molar-refractivity contribution in [2.24, 2.45) is 0 Å². The van der Waals surface area contributed by atoms with Crippen LogP contribution in [0.15, 0.2) is 60.2 Å². The fraction of sp³-hybridized carbons (Fsp3) is 0.200. The van der Waals surface area contributed by atoms with Gasteiger partial charge in [-0.05, 0) is 74.2 Å². The highest BCUT2D eigenvalue weighted by molar-refractivity contribution is 6.09. The molecule has 3 rings (SSSR count). The highest BCUT2D eigenvalue weighted by atomic mass is 16.1. The summed E-state index contributed by atoms with van der Waals surface area (Å²) in [5.74, 6) is -0.406. The van der Waals surface area contributed by atoms with Crippen LogP contribution in [0.1, 0.15) is 35.0 Å². The van der Waals surface area contributed by atoms with Crippen LogP contribution in [0, 0.1) is 32.1 Å². The van der Waals surface area contributed by atoms with Crippen LogP contribution in [0.3, 0.4) is 0 Å². The normalized spacial score (nSPS) is 11.2. The second-order valence-corrected chi connectivity index (χ2v) is 7.14. The summed E-state index contributed by atoms with van der Waals surface area (Å²) in [5.41, 5.74) is 7.11. The first kappa shape index (κ1) is 20.2. The van der Waals surface area contributed by atoms with Crippen LogP contribution in [0.4, 0.5) is 5.69 Å². The number of carbonyl (C=O) groups excluding carboxylic acids is 1. The predicted molar refractivity (Wildman–Crippen MR) is 118 cm³/mol. The Labute approximate surface area is 172 Å². The maximum absolute atomic E-state index is 12.6. The molecule has 0 spiro atoms. The number of aryl methyl sites for hydroxylation is 3. The third-order valence-corrected chi connectivity index (χ3v) is 5.02. The van der Waals surface area contributed by atoms with E-state index in [1.807, 2.05) is 69.3 Å². The number of carbonyl (C=O) groups is 1. The van der Waals surface area contributed by atoms with Gasteiger partial charge in [0.1, 0.15) is 11.6 Å². The lowest BCUT2D eigenvalue weighted by Gasteiger charge is -2.14. The van der Waals surface area contributed by atoms with Gasteiger partial charge in [0, 0.05) is 22.8 Å². The van der Waals surface area contributed by atoms with Crippen LogP contribution in [0.5, 0.6) is 0 Å². The van der Waals surface area contributed by atoms with Crippen molar-refractivity contribution in [3.63, 3.8) is 0 Å². The quantitative estimate of drug-likeness (QED) is 0.466. The predicted octanol–water partition coefficient (Wildman–Crippen LogP) is 5.51. The van der Waals surface area contributed by atoms with Crippen LogP contribution in [-0.2, 0) is 11.2 Å². The Morgan fingerprint density at radius 1 is 1.10 bits per heavy atom. The summed E-state index contributed by atoms with van der Waals surface area (Å²) in [6.07, 6.45) is 2.60. The number of nitriles is 1. The fourth-order valence-electron chi connectivity index (χ4n) is 3.56. The third kappa shape index (κ3) is 4.30. The van der Waals surface area contributed by atoms with Gasteiger partial charge in [0.25, 0.3) is 5.91 Å². The van der Waals surface area contributed by atoms with Crippen LogP contribution >= 0.6 is 0 Å². The number of benzene rings is 2. The first-order valence-corrected chi connectivity index (χ1v) is 9.71. The van der Waals surface area contributed by atoms with Crippen molar-refractivity contribution in [3.05, 3.63) is 88.2 Å². The average Bonchev–Trinajstić information content (AvgIpc) is 2.98. The van der Waals surface area contributed by atoms with E-state index in [2.05, 4.69) is 28.9 Å². The maximum Gasteiger partial charge on any atom is 0.266 e. The summed E-state index contributed by atoms with van der Waals surface area (Å²) in [6.45, 7) is 8.14. The summed E-state index contributed by atoms with van der Waals surface area (Å²) in [6, 6.07) is 19.9. The van der Waals surface area contributed by atoms with Crippen molar-refractivity contribution in [1.29, 1.82) is 5.26 Å². The Hall–Kier alpha value is -3.58. The third-order valence-electron chi connectivity index (χ3n) is 5.02. The monoisotopic (exact) mass is 383 g/mol. The summed E-state index contributed by atoms with van der Waals surface area (Å²) < 4.78 is 2.18. The average molecular weight is 383 g/mol. The molecular formula is C25H25N3O. The Balaban J connectivity index is 1.97.